The second-order valence-electron chi connectivity index (χ2n) is 7.46. The number of halogens is 2. The van der Waals surface area contributed by atoms with Crippen LogP contribution in [0.2, 0.25) is 0 Å². The number of methoxy groups -OCH3 is 1. The molecule has 1 aromatic carbocycles. The molecule has 2 aromatic rings. The van der Waals surface area contributed by atoms with Crippen molar-refractivity contribution in [1.82, 2.24) is 14.9 Å². The van der Waals surface area contributed by atoms with Crippen LogP contribution in [0.3, 0.4) is 0 Å². The average Bonchev–Trinajstić information content (AvgIpc) is 3.26. The van der Waals surface area contributed by atoms with Crippen LogP contribution in [-0.4, -0.2) is 46.0 Å². The number of amides is 1. The lowest BCUT2D eigenvalue weighted by Gasteiger charge is -2.40. The van der Waals surface area contributed by atoms with E-state index in [0.29, 0.717) is 24.4 Å². The fraction of sp³-hybridized carbons (Fsp3) is 0.500. The van der Waals surface area contributed by atoms with Gasteiger partial charge in [-0.25, -0.2) is 4.98 Å². The Labute approximate surface area is 178 Å². The van der Waals surface area contributed by atoms with E-state index in [-0.39, 0.29) is 30.7 Å². The van der Waals surface area contributed by atoms with Crippen LogP contribution >= 0.6 is 24.8 Å². The lowest BCUT2D eigenvalue weighted by molar-refractivity contribution is -0.137. The van der Waals surface area contributed by atoms with E-state index in [1.54, 1.807) is 19.6 Å². The van der Waals surface area contributed by atoms with Crippen LogP contribution < -0.4 is 10.5 Å². The maximum atomic E-state index is 13.0. The monoisotopic (exact) mass is 426 g/mol. The summed E-state index contributed by atoms with van der Waals surface area (Å²) >= 11 is 0. The number of imidazole rings is 1. The van der Waals surface area contributed by atoms with Gasteiger partial charge in [0.05, 0.1) is 19.5 Å². The maximum Gasteiger partial charge on any atom is 0.240 e. The van der Waals surface area contributed by atoms with E-state index in [1.165, 1.54) is 5.56 Å². The molecule has 0 spiro atoms. The van der Waals surface area contributed by atoms with Crippen LogP contribution in [0.15, 0.2) is 36.8 Å². The summed E-state index contributed by atoms with van der Waals surface area (Å²) < 4.78 is 5.26. The number of aromatic nitrogens is 2. The van der Waals surface area contributed by atoms with Gasteiger partial charge in [-0.1, -0.05) is 12.1 Å². The number of benzene rings is 1. The molecule has 28 heavy (non-hydrogen) atoms. The van der Waals surface area contributed by atoms with Crippen molar-refractivity contribution in [3.8, 4) is 5.75 Å². The number of hydrogen-bond donors (Lipinski definition) is 2. The third-order valence-electron chi connectivity index (χ3n) is 5.89. The van der Waals surface area contributed by atoms with Gasteiger partial charge in [0.1, 0.15) is 5.75 Å². The van der Waals surface area contributed by atoms with Crippen LogP contribution in [0.5, 0.6) is 5.75 Å². The zero-order chi connectivity index (χ0) is 18.1. The van der Waals surface area contributed by atoms with Crippen LogP contribution in [0.4, 0.5) is 0 Å². The van der Waals surface area contributed by atoms with Gasteiger partial charge >= 0.3 is 0 Å². The molecule has 2 fully saturated rings. The number of aromatic amines is 1. The number of nitrogens with two attached hydrogens (primary N) is 1. The lowest BCUT2D eigenvalue weighted by atomic mass is 9.84. The third kappa shape index (κ3) is 4.45. The smallest absolute Gasteiger partial charge is 0.240 e. The highest BCUT2D eigenvalue weighted by Gasteiger charge is 2.44. The topological polar surface area (TPSA) is 84.2 Å². The van der Waals surface area contributed by atoms with Gasteiger partial charge in [0.2, 0.25) is 5.91 Å². The van der Waals surface area contributed by atoms with Crippen molar-refractivity contribution in [1.29, 1.82) is 0 Å². The van der Waals surface area contributed by atoms with Gasteiger partial charge in [-0.2, -0.15) is 0 Å². The average molecular weight is 427 g/mol. The van der Waals surface area contributed by atoms with Gasteiger partial charge in [0.25, 0.3) is 0 Å². The van der Waals surface area contributed by atoms with Gasteiger partial charge in [-0.05, 0) is 49.3 Å². The molecule has 8 heteroatoms. The number of hydrogen-bond acceptors (Lipinski definition) is 4. The standard InChI is InChI=1S/C20H26N4O2.2ClH/c1-26-18-6-2-13(3-7-18)14-8-16-4-5-17(9-14)24(16)20(25)19(21)10-15-11-22-12-23-15;;/h2-3,6-7,11-12,14,16-17,19H,4-5,8-10,21H2,1H3,(H,22,23);2*1H/t14?,16-,17+,19?;;. The second kappa shape index (κ2) is 9.63. The summed E-state index contributed by atoms with van der Waals surface area (Å²) in [5.41, 5.74) is 8.47. The zero-order valence-electron chi connectivity index (χ0n) is 15.9. The molecule has 6 nitrogen and oxygen atoms in total. The zero-order valence-corrected chi connectivity index (χ0v) is 17.5. The first kappa shape index (κ1) is 22.5. The number of fused-ring (bicyclic) bond motifs is 2. The number of nitrogens with one attached hydrogen (secondary N) is 1. The summed E-state index contributed by atoms with van der Waals surface area (Å²) in [7, 11) is 1.69. The molecule has 2 aliphatic heterocycles. The molecule has 4 atom stereocenters. The SMILES string of the molecule is COc1ccc(C2C[C@H]3CC[C@@H](C2)N3C(=O)C(N)Cc2cnc[nH]2)cc1.Cl.Cl. The van der Waals surface area contributed by atoms with Gasteiger partial charge < -0.3 is 20.4 Å². The molecule has 1 aromatic heterocycles. The molecule has 1 amide bonds. The Kier molecular flexibility index (Phi) is 7.75. The van der Waals surface area contributed by atoms with Crippen LogP contribution in [0.1, 0.15) is 42.9 Å². The van der Waals surface area contributed by atoms with Crippen LogP contribution in [0.25, 0.3) is 0 Å². The number of rotatable bonds is 5. The van der Waals surface area contributed by atoms with E-state index in [9.17, 15) is 4.79 Å². The van der Waals surface area contributed by atoms with Crippen LogP contribution in [0, 0.1) is 0 Å². The number of H-pyrrole nitrogens is 1. The molecule has 3 N–H and O–H groups in total. The van der Waals surface area contributed by atoms with Crippen molar-refractivity contribution < 1.29 is 9.53 Å². The lowest BCUT2D eigenvalue weighted by Crippen LogP contribution is -2.53. The van der Waals surface area contributed by atoms with Gasteiger partial charge in [0, 0.05) is 30.4 Å². The molecule has 0 aliphatic carbocycles. The van der Waals surface area contributed by atoms with Crippen molar-refractivity contribution in [3.63, 3.8) is 0 Å². The van der Waals surface area contributed by atoms with Gasteiger partial charge in [-0.15, -0.1) is 24.8 Å². The molecule has 2 unspecified atom stereocenters. The van der Waals surface area contributed by atoms with Crippen molar-refractivity contribution in [2.24, 2.45) is 5.73 Å². The van der Waals surface area contributed by atoms with Crippen molar-refractivity contribution in [2.75, 3.05) is 7.11 Å². The molecule has 4 rings (SSSR count). The number of carbonyl (C=O) groups is 1. The highest BCUT2D eigenvalue weighted by atomic mass is 35.5. The first-order valence-corrected chi connectivity index (χ1v) is 9.34. The Bertz CT molecular complexity index is 740. The predicted molar refractivity (Wildman–Crippen MR) is 113 cm³/mol. The summed E-state index contributed by atoms with van der Waals surface area (Å²) in [6.07, 6.45) is 8.07. The van der Waals surface area contributed by atoms with Crippen molar-refractivity contribution in [3.05, 3.63) is 48.0 Å². The molecule has 2 saturated heterocycles. The van der Waals surface area contributed by atoms with Crippen molar-refractivity contribution >= 4 is 30.7 Å². The summed E-state index contributed by atoms with van der Waals surface area (Å²) in [6, 6.07) is 8.47. The van der Waals surface area contributed by atoms with E-state index in [1.807, 2.05) is 12.1 Å². The maximum absolute atomic E-state index is 13.0. The van der Waals surface area contributed by atoms with Crippen LogP contribution in [-0.2, 0) is 11.2 Å². The Balaban J connectivity index is 0.00000140. The summed E-state index contributed by atoms with van der Waals surface area (Å²) in [5.74, 6) is 1.47. The quantitative estimate of drug-likeness (QED) is 0.768. The van der Waals surface area contributed by atoms with E-state index >= 15 is 0 Å². The Morgan fingerprint density at radius 1 is 1.25 bits per heavy atom. The van der Waals surface area contributed by atoms with Gasteiger partial charge in [0.15, 0.2) is 0 Å². The first-order chi connectivity index (χ1) is 12.7. The Morgan fingerprint density at radius 2 is 1.89 bits per heavy atom. The van der Waals surface area contributed by atoms with Gasteiger partial charge in [-0.3, -0.25) is 4.79 Å². The number of nitrogens with zero attached hydrogens (tertiary/aromatic N) is 2. The molecule has 3 heterocycles. The minimum atomic E-state index is -0.504. The first-order valence-electron chi connectivity index (χ1n) is 9.34. The van der Waals surface area contributed by atoms with E-state index in [0.717, 1.165) is 37.1 Å². The number of carbonyl (C=O) groups excluding carboxylic acids is 1. The Morgan fingerprint density at radius 3 is 2.43 bits per heavy atom. The Hall–Kier alpha value is -1.76. The van der Waals surface area contributed by atoms with E-state index in [4.69, 9.17) is 10.5 Å². The largest absolute Gasteiger partial charge is 0.497 e. The molecule has 154 valence electrons. The number of ether oxygens (including phenoxy) is 1. The van der Waals surface area contributed by atoms with Crippen molar-refractivity contribution in [2.45, 2.75) is 56.1 Å². The van der Waals surface area contributed by atoms with E-state index in [2.05, 4.69) is 27.0 Å². The molecule has 2 aliphatic rings. The molecule has 2 bridgehead atoms. The summed E-state index contributed by atoms with van der Waals surface area (Å²) in [4.78, 5) is 22.1. The highest BCUT2D eigenvalue weighted by molar-refractivity contribution is 5.85. The minimum Gasteiger partial charge on any atom is -0.497 e. The fourth-order valence-corrected chi connectivity index (χ4v) is 4.60. The molecular formula is C20H28Cl2N4O2. The van der Waals surface area contributed by atoms with E-state index < -0.39 is 6.04 Å². The predicted octanol–water partition coefficient (Wildman–Crippen LogP) is 3.07. The normalized spacial score (nSPS) is 24.1. The second-order valence-corrected chi connectivity index (χ2v) is 7.46. The minimum absolute atomic E-state index is 0. The highest BCUT2D eigenvalue weighted by Crippen LogP contribution is 2.43. The third-order valence-corrected chi connectivity index (χ3v) is 5.89. The molecule has 0 radical (unpaired) electrons. The number of piperidine rings is 1. The summed E-state index contributed by atoms with van der Waals surface area (Å²) in [6.45, 7) is 0. The molecule has 0 saturated carbocycles. The fourth-order valence-electron chi connectivity index (χ4n) is 4.60. The summed E-state index contributed by atoms with van der Waals surface area (Å²) in [5, 5.41) is 0. The molecular weight excluding hydrogens is 399 g/mol.